The van der Waals surface area contributed by atoms with E-state index in [1.807, 2.05) is 24.3 Å². The smallest absolute Gasteiger partial charge is 0.273 e. The first-order valence-corrected chi connectivity index (χ1v) is 12.7. The van der Waals surface area contributed by atoms with Gasteiger partial charge in [0.25, 0.3) is 11.6 Å². The number of aromatic nitrogens is 1. The Kier molecular flexibility index (Phi) is 6.54. The molecule has 1 aliphatic rings. The number of carbonyl (C=O) groups excluding carboxylic acids is 1. The molecule has 0 saturated carbocycles. The van der Waals surface area contributed by atoms with Crippen molar-refractivity contribution in [2.45, 2.75) is 18.2 Å². The van der Waals surface area contributed by atoms with Gasteiger partial charge in [-0.25, -0.2) is 13.4 Å². The lowest BCUT2D eigenvalue weighted by atomic mass is 10.1. The fourth-order valence-corrected chi connectivity index (χ4v) is 5.79. The van der Waals surface area contributed by atoms with Gasteiger partial charge in [-0.1, -0.05) is 31.2 Å². The molecule has 1 amide bonds. The molecule has 0 aliphatic carbocycles. The van der Waals surface area contributed by atoms with Crippen LogP contribution in [0.15, 0.2) is 58.8 Å². The summed E-state index contributed by atoms with van der Waals surface area (Å²) in [6.45, 7) is 2.85. The van der Waals surface area contributed by atoms with Crippen LogP contribution in [0.3, 0.4) is 0 Å². The van der Waals surface area contributed by atoms with Crippen molar-refractivity contribution in [3.05, 3.63) is 75.3 Å². The summed E-state index contributed by atoms with van der Waals surface area (Å²) < 4.78 is 27.0. The Hall–Kier alpha value is -3.15. The van der Waals surface area contributed by atoms with Crippen molar-refractivity contribution in [3.8, 4) is 10.6 Å². The number of nitro benzene ring substituents is 1. The second kappa shape index (κ2) is 9.38. The highest BCUT2D eigenvalue weighted by Gasteiger charge is 2.31. The number of aryl methyl sites for hydroxylation is 1. The lowest BCUT2D eigenvalue weighted by Crippen LogP contribution is -2.50. The lowest BCUT2D eigenvalue weighted by molar-refractivity contribution is -0.384. The summed E-state index contributed by atoms with van der Waals surface area (Å²) in [5.74, 6) is -0.227. The molecule has 0 unspecified atom stereocenters. The van der Waals surface area contributed by atoms with Crippen molar-refractivity contribution in [2.75, 3.05) is 26.2 Å². The van der Waals surface area contributed by atoms with Gasteiger partial charge in [0.05, 0.1) is 9.82 Å². The molecule has 0 N–H and O–H groups in total. The molecular formula is C22H22N4O5S2. The normalized spacial score (nSPS) is 14.9. The molecule has 33 heavy (non-hydrogen) atoms. The maximum Gasteiger partial charge on any atom is 0.273 e. The highest BCUT2D eigenvalue weighted by atomic mass is 32.2. The molecule has 1 saturated heterocycles. The number of benzene rings is 2. The average molecular weight is 487 g/mol. The molecule has 9 nitrogen and oxygen atoms in total. The first-order chi connectivity index (χ1) is 15.8. The number of hydrogen-bond acceptors (Lipinski definition) is 7. The average Bonchev–Trinajstić information content (AvgIpc) is 3.34. The van der Waals surface area contributed by atoms with E-state index in [9.17, 15) is 23.3 Å². The van der Waals surface area contributed by atoms with Crippen molar-refractivity contribution < 1.29 is 18.1 Å². The van der Waals surface area contributed by atoms with Crippen LogP contribution in [0.5, 0.6) is 0 Å². The predicted octanol–water partition coefficient (Wildman–Crippen LogP) is 3.43. The van der Waals surface area contributed by atoms with E-state index < -0.39 is 14.9 Å². The first-order valence-electron chi connectivity index (χ1n) is 10.4. The quantitative estimate of drug-likeness (QED) is 0.390. The van der Waals surface area contributed by atoms with Gasteiger partial charge < -0.3 is 4.90 Å². The number of non-ortho nitro benzene ring substituents is 1. The van der Waals surface area contributed by atoms with Crippen LogP contribution in [0.1, 0.15) is 23.0 Å². The molecule has 172 valence electrons. The zero-order valence-electron chi connectivity index (χ0n) is 17.9. The van der Waals surface area contributed by atoms with Gasteiger partial charge in [-0.05, 0) is 24.1 Å². The van der Waals surface area contributed by atoms with E-state index in [2.05, 4.69) is 11.9 Å². The third kappa shape index (κ3) is 4.80. The number of rotatable bonds is 6. The minimum Gasteiger partial charge on any atom is -0.335 e. The minimum atomic E-state index is -3.80. The summed E-state index contributed by atoms with van der Waals surface area (Å²) in [7, 11) is -3.80. The van der Waals surface area contributed by atoms with Crippen LogP contribution >= 0.6 is 11.3 Å². The Labute approximate surface area is 195 Å². The van der Waals surface area contributed by atoms with Crippen LogP contribution in [-0.4, -0.2) is 59.6 Å². The fourth-order valence-electron chi connectivity index (χ4n) is 3.57. The largest absolute Gasteiger partial charge is 0.335 e. The summed E-state index contributed by atoms with van der Waals surface area (Å²) in [6.07, 6.45) is 0.952. The van der Waals surface area contributed by atoms with E-state index in [1.54, 1.807) is 10.3 Å². The monoisotopic (exact) mass is 486 g/mol. The van der Waals surface area contributed by atoms with Crippen molar-refractivity contribution in [2.24, 2.45) is 0 Å². The van der Waals surface area contributed by atoms with Gasteiger partial charge >= 0.3 is 0 Å². The van der Waals surface area contributed by atoms with E-state index in [1.165, 1.54) is 45.5 Å². The number of nitro groups is 1. The van der Waals surface area contributed by atoms with Crippen LogP contribution in [-0.2, 0) is 16.4 Å². The maximum atomic E-state index is 12.9. The Bertz CT molecular complexity index is 1260. The number of carbonyl (C=O) groups is 1. The molecule has 2 heterocycles. The van der Waals surface area contributed by atoms with E-state index in [4.69, 9.17) is 0 Å². The standard InChI is InChI=1S/C22H22N4O5S2/c1-2-16-3-5-17(6-4-16)21-23-20(15-32-21)22(27)24-11-13-25(14-12-24)33(30,31)19-9-7-18(8-10-19)26(28)29/h3-10,15H,2,11-14H2,1H3. The Morgan fingerprint density at radius 1 is 1.06 bits per heavy atom. The number of amides is 1. The predicted molar refractivity (Wildman–Crippen MR) is 125 cm³/mol. The van der Waals surface area contributed by atoms with Gasteiger partial charge in [-0.15, -0.1) is 11.3 Å². The number of thiazole rings is 1. The summed E-state index contributed by atoms with van der Waals surface area (Å²) in [4.78, 5) is 29.2. The number of piperazine rings is 1. The molecule has 0 spiro atoms. The van der Waals surface area contributed by atoms with E-state index in [0.717, 1.165) is 17.0 Å². The molecule has 0 bridgehead atoms. The first kappa shape index (κ1) is 23.0. The highest BCUT2D eigenvalue weighted by molar-refractivity contribution is 7.89. The molecule has 11 heteroatoms. The zero-order chi connectivity index (χ0) is 23.6. The van der Waals surface area contributed by atoms with Gasteiger partial charge in [0.2, 0.25) is 10.0 Å². The van der Waals surface area contributed by atoms with Crippen LogP contribution < -0.4 is 0 Å². The number of nitrogens with zero attached hydrogens (tertiary/aromatic N) is 4. The molecule has 1 aliphatic heterocycles. The third-order valence-corrected chi connectivity index (χ3v) is 8.35. The Balaban J connectivity index is 1.40. The van der Waals surface area contributed by atoms with Crippen molar-refractivity contribution in [3.63, 3.8) is 0 Å². The number of hydrogen-bond donors (Lipinski definition) is 0. The van der Waals surface area contributed by atoms with Gasteiger partial charge in [0.15, 0.2) is 0 Å². The molecule has 3 aromatic rings. The van der Waals surface area contributed by atoms with E-state index >= 15 is 0 Å². The van der Waals surface area contributed by atoms with Crippen LogP contribution in [0.4, 0.5) is 5.69 Å². The van der Waals surface area contributed by atoms with E-state index in [-0.39, 0.29) is 42.7 Å². The third-order valence-electron chi connectivity index (χ3n) is 5.54. The summed E-state index contributed by atoms with van der Waals surface area (Å²) in [5.41, 5.74) is 2.36. The van der Waals surface area contributed by atoms with E-state index in [0.29, 0.717) is 5.69 Å². The van der Waals surface area contributed by atoms with Crippen LogP contribution in [0, 0.1) is 10.1 Å². The Morgan fingerprint density at radius 2 is 1.70 bits per heavy atom. The number of sulfonamides is 1. The second-order valence-corrected chi connectivity index (χ2v) is 10.3. The maximum absolute atomic E-state index is 12.9. The summed E-state index contributed by atoms with van der Waals surface area (Å²) in [6, 6.07) is 12.9. The lowest BCUT2D eigenvalue weighted by Gasteiger charge is -2.33. The molecule has 4 rings (SSSR count). The molecule has 1 aromatic heterocycles. The zero-order valence-corrected chi connectivity index (χ0v) is 19.5. The molecule has 2 aromatic carbocycles. The van der Waals surface area contributed by atoms with Gasteiger partial charge in [-0.3, -0.25) is 14.9 Å². The second-order valence-electron chi connectivity index (χ2n) is 7.54. The highest BCUT2D eigenvalue weighted by Crippen LogP contribution is 2.26. The minimum absolute atomic E-state index is 0.00823. The van der Waals surface area contributed by atoms with Gasteiger partial charge in [0.1, 0.15) is 10.7 Å². The Morgan fingerprint density at radius 3 is 2.27 bits per heavy atom. The fraction of sp³-hybridized carbons (Fsp3) is 0.273. The SMILES string of the molecule is CCc1ccc(-c2nc(C(=O)N3CCN(S(=O)(=O)c4ccc([N+](=O)[O-])cc4)CC3)cs2)cc1. The molecular weight excluding hydrogens is 464 g/mol. The molecule has 0 radical (unpaired) electrons. The molecule has 0 atom stereocenters. The van der Waals surface area contributed by atoms with Crippen molar-refractivity contribution in [1.29, 1.82) is 0 Å². The molecule has 1 fully saturated rings. The topological polar surface area (TPSA) is 114 Å². The van der Waals surface area contributed by atoms with Crippen molar-refractivity contribution in [1.82, 2.24) is 14.2 Å². The van der Waals surface area contributed by atoms with Crippen LogP contribution in [0.25, 0.3) is 10.6 Å². The van der Waals surface area contributed by atoms with Gasteiger partial charge in [-0.2, -0.15) is 4.31 Å². The summed E-state index contributed by atoms with van der Waals surface area (Å²) in [5, 5.41) is 13.3. The van der Waals surface area contributed by atoms with Crippen molar-refractivity contribution >= 4 is 33.0 Å². The summed E-state index contributed by atoms with van der Waals surface area (Å²) >= 11 is 1.40. The van der Waals surface area contributed by atoms with Gasteiger partial charge in [0, 0.05) is 49.3 Å². The van der Waals surface area contributed by atoms with Crippen LogP contribution in [0.2, 0.25) is 0 Å².